The smallest absolute Gasteiger partial charge is 0.373 e. The van der Waals surface area contributed by atoms with Crippen molar-refractivity contribution in [2.45, 2.75) is 0 Å². The van der Waals surface area contributed by atoms with E-state index in [2.05, 4.69) is 15.3 Å². The minimum absolute atomic E-state index is 0.0116. The second kappa shape index (κ2) is 7.50. The summed E-state index contributed by atoms with van der Waals surface area (Å²) in [6.45, 7) is 0. The van der Waals surface area contributed by atoms with Gasteiger partial charge in [0.25, 0.3) is 0 Å². The predicted octanol–water partition coefficient (Wildman–Crippen LogP) is 5.73. The number of fused-ring (bicyclic) bond motifs is 1. The van der Waals surface area contributed by atoms with Crippen LogP contribution in [0.3, 0.4) is 0 Å². The van der Waals surface area contributed by atoms with Gasteiger partial charge in [-0.15, -0.1) is 0 Å². The van der Waals surface area contributed by atoms with Crippen LogP contribution in [0.2, 0.25) is 5.02 Å². The molecule has 0 radical (unpaired) electrons. The third kappa shape index (κ3) is 3.56. The van der Waals surface area contributed by atoms with Crippen LogP contribution in [0.5, 0.6) is 11.6 Å². The van der Waals surface area contributed by atoms with E-state index >= 15 is 0 Å². The fourth-order valence-corrected chi connectivity index (χ4v) is 2.98. The molecule has 0 aliphatic heterocycles. The van der Waals surface area contributed by atoms with Crippen LogP contribution in [0.4, 0.5) is 17.2 Å². The Kier molecular flexibility index (Phi) is 4.74. The van der Waals surface area contributed by atoms with Crippen LogP contribution < -0.4 is 10.1 Å². The number of ether oxygens (including phenoxy) is 1. The average molecular weight is 393 g/mol. The zero-order valence-electron chi connectivity index (χ0n) is 14.4. The Balaban J connectivity index is 1.76. The van der Waals surface area contributed by atoms with Gasteiger partial charge in [-0.05, 0) is 29.7 Å². The van der Waals surface area contributed by atoms with Crippen LogP contribution in [-0.4, -0.2) is 14.9 Å². The molecule has 8 heteroatoms. The normalized spacial score (nSPS) is 10.6. The van der Waals surface area contributed by atoms with E-state index in [1.165, 1.54) is 6.33 Å². The molecule has 28 heavy (non-hydrogen) atoms. The fraction of sp³-hybridized carbons (Fsp3) is 0. The first-order valence-corrected chi connectivity index (χ1v) is 8.67. The molecule has 138 valence electrons. The van der Waals surface area contributed by atoms with Gasteiger partial charge in [0.05, 0.1) is 4.92 Å². The van der Waals surface area contributed by atoms with E-state index in [1.54, 1.807) is 30.3 Å². The summed E-state index contributed by atoms with van der Waals surface area (Å²) >= 11 is 5.98. The molecule has 0 saturated heterocycles. The highest BCUT2D eigenvalue weighted by molar-refractivity contribution is 6.30. The lowest BCUT2D eigenvalue weighted by molar-refractivity contribution is -0.385. The van der Waals surface area contributed by atoms with Crippen molar-refractivity contribution >= 4 is 39.6 Å². The highest BCUT2D eigenvalue weighted by atomic mass is 35.5. The molecule has 0 atom stereocenters. The molecule has 0 aliphatic rings. The summed E-state index contributed by atoms with van der Waals surface area (Å²) in [5.41, 5.74) is 0.195. The maximum absolute atomic E-state index is 11.7. The van der Waals surface area contributed by atoms with Crippen molar-refractivity contribution in [1.29, 1.82) is 0 Å². The van der Waals surface area contributed by atoms with Crippen LogP contribution in [0.15, 0.2) is 73.1 Å². The van der Waals surface area contributed by atoms with Gasteiger partial charge in [0.2, 0.25) is 5.82 Å². The van der Waals surface area contributed by atoms with Gasteiger partial charge in [-0.1, -0.05) is 54.1 Å². The van der Waals surface area contributed by atoms with Crippen LogP contribution in [0.25, 0.3) is 10.8 Å². The third-order valence-corrected chi connectivity index (χ3v) is 4.25. The number of halogens is 1. The average Bonchev–Trinajstić information content (AvgIpc) is 2.68. The lowest BCUT2D eigenvalue weighted by Gasteiger charge is -2.11. The van der Waals surface area contributed by atoms with E-state index in [-0.39, 0.29) is 17.4 Å². The molecule has 0 bridgehead atoms. The minimum Gasteiger partial charge on any atom is -0.433 e. The van der Waals surface area contributed by atoms with Crippen molar-refractivity contribution in [3.8, 4) is 11.6 Å². The largest absolute Gasteiger partial charge is 0.433 e. The van der Waals surface area contributed by atoms with Gasteiger partial charge in [0.1, 0.15) is 12.1 Å². The highest BCUT2D eigenvalue weighted by Gasteiger charge is 2.25. The minimum atomic E-state index is -0.576. The zero-order valence-corrected chi connectivity index (χ0v) is 15.1. The van der Waals surface area contributed by atoms with Crippen molar-refractivity contribution in [2.75, 3.05) is 5.32 Å². The Morgan fingerprint density at radius 1 is 1.00 bits per heavy atom. The number of nitrogens with one attached hydrogen (secondary N) is 1. The summed E-state index contributed by atoms with van der Waals surface area (Å²) in [6, 6.07) is 19.9. The molecule has 4 aromatic rings. The van der Waals surface area contributed by atoms with Crippen molar-refractivity contribution in [1.82, 2.24) is 9.97 Å². The van der Waals surface area contributed by atoms with Crippen LogP contribution in [0, 0.1) is 10.1 Å². The van der Waals surface area contributed by atoms with E-state index in [9.17, 15) is 10.1 Å². The first kappa shape index (κ1) is 17.7. The van der Waals surface area contributed by atoms with E-state index in [4.69, 9.17) is 16.3 Å². The number of hydrogen-bond donors (Lipinski definition) is 1. The van der Waals surface area contributed by atoms with Gasteiger partial charge >= 0.3 is 11.6 Å². The quantitative estimate of drug-likeness (QED) is 0.344. The number of aromatic nitrogens is 2. The molecule has 1 aromatic heterocycles. The van der Waals surface area contributed by atoms with Crippen LogP contribution in [-0.2, 0) is 0 Å². The monoisotopic (exact) mass is 392 g/mol. The molecule has 1 N–H and O–H groups in total. The first-order chi connectivity index (χ1) is 13.6. The van der Waals surface area contributed by atoms with Crippen molar-refractivity contribution in [2.24, 2.45) is 0 Å². The molecule has 0 unspecified atom stereocenters. The summed E-state index contributed by atoms with van der Waals surface area (Å²) in [7, 11) is 0. The van der Waals surface area contributed by atoms with E-state index in [0.29, 0.717) is 16.5 Å². The molecular formula is C20H13ClN4O3. The Labute approximate surface area is 164 Å². The van der Waals surface area contributed by atoms with E-state index < -0.39 is 4.92 Å². The Morgan fingerprint density at radius 3 is 2.61 bits per heavy atom. The molecule has 0 saturated carbocycles. The van der Waals surface area contributed by atoms with Gasteiger partial charge in [-0.25, -0.2) is 4.98 Å². The number of rotatable bonds is 5. The van der Waals surface area contributed by atoms with Crippen molar-refractivity contribution in [3.63, 3.8) is 0 Å². The maximum Gasteiger partial charge on any atom is 0.373 e. The second-order valence-electron chi connectivity index (χ2n) is 5.85. The molecule has 3 aromatic carbocycles. The second-order valence-corrected chi connectivity index (χ2v) is 6.28. The molecular weight excluding hydrogens is 380 g/mol. The summed E-state index contributed by atoms with van der Waals surface area (Å²) in [4.78, 5) is 19.1. The van der Waals surface area contributed by atoms with E-state index in [1.807, 2.05) is 36.4 Å². The predicted molar refractivity (Wildman–Crippen MR) is 107 cm³/mol. The Morgan fingerprint density at radius 2 is 1.79 bits per heavy atom. The van der Waals surface area contributed by atoms with E-state index in [0.717, 1.165) is 10.8 Å². The summed E-state index contributed by atoms with van der Waals surface area (Å²) in [6.07, 6.45) is 1.21. The molecule has 1 heterocycles. The van der Waals surface area contributed by atoms with Crippen LogP contribution in [0.1, 0.15) is 0 Å². The van der Waals surface area contributed by atoms with Gasteiger partial charge in [0.15, 0.2) is 0 Å². The summed E-state index contributed by atoms with van der Waals surface area (Å²) < 4.78 is 5.83. The lowest BCUT2D eigenvalue weighted by Crippen LogP contribution is -2.03. The van der Waals surface area contributed by atoms with Crippen molar-refractivity contribution in [3.05, 3.63) is 88.2 Å². The number of nitro groups is 1. The van der Waals surface area contributed by atoms with Crippen molar-refractivity contribution < 1.29 is 9.66 Å². The Hall–Kier alpha value is -3.71. The highest BCUT2D eigenvalue weighted by Crippen LogP contribution is 2.37. The first-order valence-electron chi connectivity index (χ1n) is 8.29. The molecule has 0 spiro atoms. The number of benzene rings is 3. The van der Waals surface area contributed by atoms with Gasteiger partial charge in [-0.3, -0.25) is 10.1 Å². The molecule has 7 nitrogen and oxygen atoms in total. The number of nitrogens with zero attached hydrogens (tertiary/aromatic N) is 3. The maximum atomic E-state index is 11.7. The molecule has 0 amide bonds. The summed E-state index contributed by atoms with van der Waals surface area (Å²) in [5, 5.41) is 16.9. The molecule has 4 rings (SSSR count). The standard InChI is InChI=1S/C20H13ClN4O3/c21-14-7-4-8-15(11-14)24-19-18(25(26)27)20(23-12-22-19)28-17-10-3-6-13-5-1-2-9-16(13)17/h1-12H,(H,22,23,24). The van der Waals surface area contributed by atoms with Gasteiger partial charge < -0.3 is 10.1 Å². The third-order valence-electron chi connectivity index (χ3n) is 4.01. The summed E-state index contributed by atoms with van der Waals surface area (Å²) in [5.74, 6) is 0.326. The van der Waals surface area contributed by atoms with Crippen LogP contribution >= 0.6 is 11.6 Å². The van der Waals surface area contributed by atoms with Gasteiger partial charge in [-0.2, -0.15) is 4.98 Å². The lowest BCUT2D eigenvalue weighted by atomic mass is 10.1. The zero-order chi connectivity index (χ0) is 19.5. The SMILES string of the molecule is O=[N+]([O-])c1c(Nc2cccc(Cl)c2)ncnc1Oc1cccc2ccccc12. The Bertz CT molecular complexity index is 1180. The fourth-order valence-electron chi connectivity index (χ4n) is 2.79. The van der Waals surface area contributed by atoms with Gasteiger partial charge in [0, 0.05) is 16.1 Å². The number of anilines is 2. The molecule has 0 aliphatic carbocycles. The molecule has 0 fully saturated rings. The topological polar surface area (TPSA) is 90.2 Å². The number of hydrogen-bond acceptors (Lipinski definition) is 6.